The van der Waals surface area contributed by atoms with E-state index in [9.17, 15) is 19.3 Å². The minimum atomic E-state index is -0.547. The van der Waals surface area contributed by atoms with Crippen LogP contribution < -0.4 is 5.32 Å². The Morgan fingerprint density at radius 2 is 1.84 bits per heavy atom. The minimum Gasteiger partial charge on any atom is -0.322 e. The van der Waals surface area contributed by atoms with Gasteiger partial charge in [0.2, 0.25) is 0 Å². The molecule has 0 fully saturated rings. The number of amides is 1. The first-order valence-corrected chi connectivity index (χ1v) is 5.37. The number of hydrogen-bond donors (Lipinski definition) is 1. The first-order chi connectivity index (χ1) is 9.06. The van der Waals surface area contributed by atoms with E-state index in [4.69, 9.17) is 0 Å². The molecule has 0 spiro atoms. The summed E-state index contributed by atoms with van der Waals surface area (Å²) >= 11 is 0. The zero-order chi connectivity index (χ0) is 13.8. The normalized spacial score (nSPS) is 9.95. The van der Waals surface area contributed by atoms with Gasteiger partial charge in [0.1, 0.15) is 5.82 Å². The predicted octanol–water partition coefficient (Wildman–Crippen LogP) is 2.99. The SMILES string of the molecule is O=C(Nc1cccc(F)c1)c1ccc([N+](=O)[O-])cc1. The Hall–Kier alpha value is -2.76. The fraction of sp³-hybridized carbons (Fsp3) is 0. The molecule has 6 heteroatoms. The molecule has 0 aliphatic carbocycles. The number of nitrogens with one attached hydrogen (secondary N) is 1. The van der Waals surface area contributed by atoms with Crippen molar-refractivity contribution >= 4 is 17.3 Å². The van der Waals surface area contributed by atoms with Crippen LogP contribution in [0.5, 0.6) is 0 Å². The Bertz CT molecular complexity index is 626. The van der Waals surface area contributed by atoms with Gasteiger partial charge in [0, 0.05) is 23.4 Å². The molecule has 0 saturated heterocycles. The summed E-state index contributed by atoms with van der Waals surface area (Å²) in [6, 6.07) is 10.6. The molecule has 96 valence electrons. The molecule has 0 aliphatic heterocycles. The van der Waals surface area contributed by atoms with Crippen molar-refractivity contribution in [3.05, 3.63) is 70.0 Å². The number of carbonyl (C=O) groups excluding carboxylic acids is 1. The van der Waals surface area contributed by atoms with E-state index in [2.05, 4.69) is 5.32 Å². The molecule has 2 aromatic carbocycles. The van der Waals surface area contributed by atoms with E-state index in [-0.39, 0.29) is 11.3 Å². The lowest BCUT2D eigenvalue weighted by Gasteiger charge is -2.04. The van der Waals surface area contributed by atoms with Crippen molar-refractivity contribution in [2.24, 2.45) is 0 Å². The van der Waals surface area contributed by atoms with Crippen LogP contribution in [0.3, 0.4) is 0 Å². The van der Waals surface area contributed by atoms with Gasteiger partial charge in [0.15, 0.2) is 0 Å². The standard InChI is InChI=1S/C13H9FN2O3/c14-10-2-1-3-11(8-10)15-13(17)9-4-6-12(7-5-9)16(18)19/h1-8H,(H,15,17). The van der Waals surface area contributed by atoms with E-state index in [1.54, 1.807) is 6.07 Å². The molecule has 0 saturated carbocycles. The Balaban J connectivity index is 2.14. The summed E-state index contributed by atoms with van der Waals surface area (Å²) in [5, 5.41) is 13.0. The van der Waals surface area contributed by atoms with Crippen LogP contribution in [-0.2, 0) is 0 Å². The number of nitro groups is 1. The topological polar surface area (TPSA) is 72.2 Å². The zero-order valence-corrected chi connectivity index (χ0v) is 9.67. The highest BCUT2D eigenvalue weighted by Crippen LogP contribution is 2.14. The van der Waals surface area contributed by atoms with Gasteiger partial charge in [-0.1, -0.05) is 6.07 Å². The summed E-state index contributed by atoms with van der Waals surface area (Å²) in [5.74, 6) is -0.915. The fourth-order valence-corrected chi connectivity index (χ4v) is 1.50. The molecule has 1 amide bonds. The second-order valence-corrected chi connectivity index (χ2v) is 3.77. The number of anilines is 1. The van der Waals surface area contributed by atoms with Crippen molar-refractivity contribution in [2.45, 2.75) is 0 Å². The number of nitro benzene ring substituents is 1. The number of benzene rings is 2. The molecule has 2 aromatic rings. The Kier molecular flexibility index (Phi) is 3.51. The quantitative estimate of drug-likeness (QED) is 0.681. The number of nitrogens with zero attached hydrogens (tertiary/aromatic N) is 1. The zero-order valence-electron chi connectivity index (χ0n) is 9.67. The van der Waals surface area contributed by atoms with Crippen molar-refractivity contribution in [3.8, 4) is 0 Å². The van der Waals surface area contributed by atoms with Gasteiger partial charge in [-0.25, -0.2) is 4.39 Å². The largest absolute Gasteiger partial charge is 0.322 e. The van der Waals surface area contributed by atoms with Gasteiger partial charge in [0.25, 0.3) is 11.6 Å². The number of carbonyl (C=O) groups is 1. The average molecular weight is 260 g/mol. The highest BCUT2D eigenvalue weighted by molar-refractivity contribution is 6.04. The molecule has 0 unspecified atom stereocenters. The van der Waals surface area contributed by atoms with Crippen LogP contribution in [0, 0.1) is 15.9 Å². The van der Waals surface area contributed by atoms with Gasteiger partial charge in [-0.2, -0.15) is 0 Å². The minimum absolute atomic E-state index is 0.0951. The van der Waals surface area contributed by atoms with Crippen molar-refractivity contribution in [3.63, 3.8) is 0 Å². The third-order valence-corrected chi connectivity index (χ3v) is 2.42. The van der Waals surface area contributed by atoms with E-state index in [1.807, 2.05) is 0 Å². The number of hydrogen-bond acceptors (Lipinski definition) is 3. The van der Waals surface area contributed by atoms with Crippen LogP contribution in [0.25, 0.3) is 0 Å². The van der Waals surface area contributed by atoms with Crippen LogP contribution in [0.2, 0.25) is 0 Å². The first kappa shape index (κ1) is 12.7. The lowest BCUT2D eigenvalue weighted by Crippen LogP contribution is -2.11. The summed E-state index contributed by atoms with van der Waals surface area (Å²) in [7, 11) is 0. The Morgan fingerprint density at radius 1 is 1.16 bits per heavy atom. The van der Waals surface area contributed by atoms with E-state index >= 15 is 0 Å². The van der Waals surface area contributed by atoms with Crippen LogP contribution in [0.4, 0.5) is 15.8 Å². The fourth-order valence-electron chi connectivity index (χ4n) is 1.50. The second kappa shape index (κ2) is 5.26. The predicted molar refractivity (Wildman–Crippen MR) is 67.4 cm³/mol. The highest BCUT2D eigenvalue weighted by atomic mass is 19.1. The maximum absolute atomic E-state index is 12.9. The summed E-state index contributed by atoms with van der Waals surface area (Å²) < 4.78 is 12.9. The second-order valence-electron chi connectivity index (χ2n) is 3.77. The molecular formula is C13H9FN2O3. The van der Waals surface area contributed by atoms with Crippen molar-refractivity contribution in [1.29, 1.82) is 0 Å². The first-order valence-electron chi connectivity index (χ1n) is 5.37. The molecule has 0 aliphatic rings. The molecular weight excluding hydrogens is 251 g/mol. The van der Waals surface area contributed by atoms with Crippen LogP contribution in [0.15, 0.2) is 48.5 Å². The molecule has 5 nitrogen and oxygen atoms in total. The van der Waals surface area contributed by atoms with E-state index in [0.717, 1.165) is 0 Å². The number of non-ortho nitro benzene ring substituents is 1. The molecule has 0 aromatic heterocycles. The molecule has 0 heterocycles. The monoisotopic (exact) mass is 260 g/mol. The summed E-state index contributed by atoms with van der Waals surface area (Å²) in [6.45, 7) is 0. The maximum Gasteiger partial charge on any atom is 0.269 e. The third-order valence-electron chi connectivity index (χ3n) is 2.42. The average Bonchev–Trinajstić information content (AvgIpc) is 2.39. The summed E-state index contributed by atoms with van der Waals surface area (Å²) in [5.41, 5.74) is 0.487. The smallest absolute Gasteiger partial charge is 0.269 e. The Labute approximate surface area is 107 Å². The summed E-state index contributed by atoms with van der Waals surface area (Å²) in [6.07, 6.45) is 0. The van der Waals surface area contributed by atoms with E-state index in [0.29, 0.717) is 5.69 Å². The Morgan fingerprint density at radius 3 is 2.42 bits per heavy atom. The molecule has 0 atom stereocenters. The molecule has 0 radical (unpaired) electrons. The lowest BCUT2D eigenvalue weighted by molar-refractivity contribution is -0.384. The maximum atomic E-state index is 12.9. The highest BCUT2D eigenvalue weighted by Gasteiger charge is 2.09. The van der Waals surface area contributed by atoms with Gasteiger partial charge >= 0.3 is 0 Å². The molecule has 19 heavy (non-hydrogen) atoms. The van der Waals surface area contributed by atoms with Gasteiger partial charge in [-0.15, -0.1) is 0 Å². The van der Waals surface area contributed by atoms with Crippen molar-refractivity contribution < 1.29 is 14.1 Å². The summed E-state index contributed by atoms with van der Waals surface area (Å²) in [4.78, 5) is 21.7. The van der Waals surface area contributed by atoms with Gasteiger partial charge < -0.3 is 5.32 Å². The molecule has 1 N–H and O–H groups in total. The van der Waals surface area contributed by atoms with Crippen LogP contribution >= 0.6 is 0 Å². The lowest BCUT2D eigenvalue weighted by atomic mass is 10.2. The van der Waals surface area contributed by atoms with Gasteiger partial charge in [-0.05, 0) is 30.3 Å². The number of halogens is 1. The van der Waals surface area contributed by atoms with Gasteiger partial charge in [0.05, 0.1) is 4.92 Å². The van der Waals surface area contributed by atoms with E-state index < -0.39 is 16.6 Å². The van der Waals surface area contributed by atoms with E-state index in [1.165, 1.54) is 42.5 Å². The van der Waals surface area contributed by atoms with Crippen molar-refractivity contribution in [1.82, 2.24) is 0 Å². The third kappa shape index (κ3) is 3.12. The van der Waals surface area contributed by atoms with Gasteiger partial charge in [-0.3, -0.25) is 14.9 Å². The van der Waals surface area contributed by atoms with Crippen LogP contribution in [-0.4, -0.2) is 10.8 Å². The number of rotatable bonds is 3. The molecule has 2 rings (SSSR count). The van der Waals surface area contributed by atoms with Crippen molar-refractivity contribution in [2.75, 3.05) is 5.32 Å². The van der Waals surface area contributed by atoms with Crippen LogP contribution in [0.1, 0.15) is 10.4 Å². The molecule has 0 bridgehead atoms.